The molecule has 3 amide bonds. The number of carbonyl (C=O) groups excluding carboxylic acids is 4. The third-order valence-electron chi connectivity index (χ3n) is 14.8. The Hall–Kier alpha value is -9.44. The van der Waals surface area contributed by atoms with Gasteiger partial charge in [-0.25, -0.2) is 19.7 Å². The van der Waals surface area contributed by atoms with E-state index in [0.717, 1.165) is 10.5 Å². The summed E-state index contributed by atoms with van der Waals surface area (Å²) >= 11 is 0. The number of fused-ring (bicyclic) bond motifs is 3. The summed E-state index contributed by atoms with van der Waals surface area (Å²) in [6.45, 7) is 0.366. The number of esters is 1. The molecule has 18 nitrogen and oxygen atoms in total. The molecule has 18 heteroatoms. The van der Waals surface area contributed by atoms with Crippen molar-refractivity contribution in [3.63, 3.8) is 0 Å². The maximum Gasteiger partial charge on any atom is 0.421 e. The number of benzene rings is 6. The normalized spacial score (nSPS) is 21.5. The number of aromatic nitrogens is 2. The van der Waals surface area contributed by atoms with Gasteiger partial charge in [0.25, 0.3) is 5.69 Å². The number of aliphatic hydroxyl groups is 1. The van der Waals surface area contributed by atoms with Gasteiger partial charge in [0.1, 0.15) is 42.3 Å². The summed E-state index contributed by atoms with van der Waals surface area (Å²) in [7, 11) is 1.57. The average Bonchev–Trinajstić information content (AvgIpc) is 2.69. The number of carbonyl (C=O) groups is 4. The Labute approximate surface area is 448 Å². The highest BCUT2D eigenvalue weighted by atomic mass is 16.6. The number of non-ortho nitro benzene ring substituents is 1. The van der Waals surface area contributed by atoms with Crippen molar-refractivity contribution in [3.05, 3.63) is 219 Å². The minimum atomic E-state index is -2.12. The molecule has 0 bridgehead atoms. The first-order valence-electron chi connectivity index (χ1n) is 25.4. The van der Waals surface area contributed by atoms with E-state index in [1.807, 2.05) is 82.6 Å². The van der Waals surface area contributed by atoms with Gasteiger partial charge in [0.05, 0.1) is 42.3 Å². The van der Waals surface area contributed by atoms with E-state index < -0.39 is 64.4 Å². The lowest BCUT2D eigenvalue weighted by Crippen LogP contribution is -2.59. The number of piperazine rings is 1. The molecule has 6 aromatic carbocycles. The van der Waals surface area contributed by atoms with Crippen molar-refractivity contribution in [2.24, 2.45) is 5.92 Å². The number of ether oxygens (including phenoxy) is 4. The van der Waals surface area contributed by atoms with Crippen LogP contribution in [0.1, 0.15) is 57.1 Å². The van der Waals surface area contributed by atoms with Crippen LogP contribution < -0.4 is 19.3 Å². The minimum Gasteiger partial charge on any atom is -0.497 e. The Bertz CT molecular complexity index is 3430. The summed E-state index contributed by atoms with van der Waals surface area (Å²) in [5, 5.41) is 21.2. The minimum absolute atomic E-state index is 0.00493. The lowest BCUT2D eigenvalue weighted by atomic mass is 9.65. The predicted octanol–water partition coefficient (Wildman–Crippen LogP) is 7.52. The van der Waals surface area contributed by atoms with Crippen molar-refractivity contribution >= 4 is 41.2 Å². The molecule has 5 heterocycles. The molecule has 392 valence electrons. The lowest BCUT2D eigenvalue weighted by molar-refractivity contribution is -0.384. The van der Waals surface area contributed by atoms with Gasteiger partial charge in [-0.15, -0.1) is 0 Å². The molecular formula is C60H51N7O11. The molecule has 1 aromatic heterocycles. The molecule has 11 rings (SSSR count). The fourth-order valence-corrected chi connectivity index (χ4v) is 11.4. The summed E-state index contributed by atoms with van der Waals surface area (Å²) in [6, 6.07) is 41.6. The molecule has 0 aliphatic carbocycles. The highest BCUT2D eigenvalue weighted by Gasteiger charge is 2.76. The maximum atomic E-state index is 16.9. The van der Waals surface area contributed by atoms with E-state index >= 15 is 19.2 Å². The van der Waals surface area contributed by atoms with E-state index in [0.29, 0.717) is 58.4 Å². The molecule has 0 saturated carbocycles. The molecule has 6 atom stereocenters. The number of imide groups is 1. The fraction of sp³-hybridized carbons (Fsp3) is 0.233. The number of methoxy groups -OCH3 is 1. The molecule has 6 unspecified atom stereocenters. The van der Waals surface area contributed by atoms with Crippen LogP contribution in [0, 0.1) is 27.9 Å². The van der Waals surface area contributed by atoms with Gasteiger partial charge in [0.2, 0.25) is 17.8 Å². The number of rotatable bonds is 12. The van der Waals surface area contributed by atoms with E-state index in [9.17, 15) is 15.2 Å². The van der Waals surface area contributed by atoms with Crippen LogP contribution in [0.25, 0.3) is 0 Å². The number of hydrogen-bond donors (Lipinski definition) is 1. The molecule has 7 aromatic rings. The number of hydrogen-bond acceptors (Lipinski definition) is 15. The maximum absolute atomic E-state index is 16.9. The number of anilines is 2. The van der Waals surface area contributed by atoms with Crippen LogP contribution in [0.15, 0.2) is 170 Å². The third kappa shape index (κ3) is 9.28. The Balaban J connectivity index is 1.14. The van der Waals surface area contributed by atoms with E-state index in [-0.39, 0.29) is 49.8 Å². The topological polar surface area (TPSA) is 207 Å². The third-order valence-corrected chi connectivity index (χ3v) is 14.8. The van der Waals surface area contributed by atoms with E-state index in [1.165, 1.54) is 24.3 Å². The molecular weight excluding hydrogens is 995 g/mol. The van der Waals surface area contributed by atoms with Gasteiger partial charge in [-0.05, 0) is 101 Å². The second-order valence-corrected chi connectivity index (χ2v) is 19.1. The van der Waals surface area contributed by atoms with Crippen LogP contribution in [-0.4, -0.2) is 106 Å². The van der Waals surface area contributed by atoms with Gasteiger partial charge in [-0.2, -0.15) is 0 Å². The van der Waals surface area contributed by atoms with Crippen LogP contribution in [0.3, 0.4) is 0 Å². The Kier molecular flexibility index (Phi) is 14.1. The number of nitro benzene ring substituents is 1. The monoisotopic (exact) mass is 1050 g/mol. The molecule has 3 fully saturated rings. The first-order valence-corrected chi connectivity index (χ1v) is 25.4. The van der Waals surface area contributed by atoms with Gasteiger partial charge in [0.15, 0.2) is 0 Å². The zero-order valence-electron chi connectivity index (χ0n) is 42.2. The molecule has 78 heavy (non-hydrogen) atoms. The number of morpholine rings is 1. The Morgan fingerprint density at radius 1 is 0.756 bits per heavy atom. The smallest absolute Gasteiger partial charge is 0.421 e. The van der Waals surface area contributed by atoms with Crippen molar-refractivity contribution in [1.29, 1.82) is 0 Å². The fourth-order valence-electron chi connectivity index (χ4n) is 11.4. The molecule has 4 aliphatic heterocycles. The lowest BCUT2D eigenvalue weighted by Gasteiger charge is -2.46. The highest BCUT2D eigenvalue weighted by Crippen LogP contribution is 2.66. The molecule has 1 spiro atoms. The van der Waals surface area contributed by atoms with Gasteiger partial charge < -0.3 is 33.9 Å². The van der Waals surface area contributed by atoms with Crippen LogP contribution >= 0.6 is 0 Å². The average molecular weight is 1050 g/mol. The van der Waals surface area contributed by atoms with Crippen molar-refractivity contribution in [3.8, 4) is 23.3 Å². The zero-order valence-corrected chi connectivity index (χ0v) is 42.2. The zero-order chi connectivity index (χ0) is 53.9. The van der Waals surface area contributed by atoms with Crippen molar-refractivity contribution in [2.45, 2.75) is 36.3 Å². The number of aliphatic hydroxyl groups excluding tert-OH is 1. The Morgan fingerprint density at radius 2 is 1.40 bits per heavy atom. The van der Waals surface area contributed by atoms with Crippen molar-refractivity contribution in [1.82, 2.24) is 19.8 Å². The first-order chi connectivity index (χ1) is 38.1. The van der Waals surface area contributed by atoms with Crippen LogP contribution in [0.2, 0.25) is 0 Å². The highest BCUT2D eigenvalue weighted by molar-refractivity contribution is 6.23. The number of nitro groups is 1. The summed E-state index contributed by atoms with van der Waals surface area (Å²) in [4.78, 5) is 90.4. The standard InChI is InChI=1S/C60H51N7O11/c1-75-46-24-17-39(18-25-46)13-14-40-19-28-49-48(37-40)60(57(71)65(49)59(72)77-38-41-15-22-45(23-16-41)67(73)74)50(55(69)63-31-33-64(34-32-63)58-61-29-8-30-62-58)52-56(70)78-53(43-11-6-3-7-12-43)51(42-9-4-2-5-10-42)66(52)54(60)44-20-26-47(27-21-44)76-36-35-68/h2-12,15-30,37,50-54,68H,31-36,38H2,1H3. The number of cyclic esters (lactones) is 1. The van der Waals surface area contributed by atoms with Gasteiger partial charge in [-0.3, -0.25) is 29.4 Å². The van der Waals surface area contributed by atoms with E-state index in [4.69, 9.17) is 18.9 Å². The summed E-state index contributed by atoms with van der Waals surface area (Å²) in [5.74, 6) is 4.33. The molecule has 1 N–H and O–H groups in total. The summed E-state index contributed by atoms with van der Waals surface area (Å²) in [5.41, 5.74) is 1.45. The molecule has 3 saturated heterocycles. The number of nitrogens with zero attached hydrogens (tertiary/aromatic N) is 7. The van der Waals surface area contributed by atoms with E-state index in [2.05, 4.69) is 21.8 Å². The van der Waals surface area contributed by atoms with Gasteiger partial charge in [0, 0.05) is 61.8 Å². The predicted molar refractivity (Wildman–Crippen MR) is 284 cm³/mol. The van der Waals surface area contributed by atoms with Crippen molar-refractivity contribution < 1.29 is 48.2 Å². The van der Waals surface area contributed by atoms with Crippen LogP contribution in [-0.2, 0) is 35.9 Å². The largest absolute Gasteiger partial charge is 0.497 e. The second kappa shape index (κ2) is 21.7. The SMILES string of the molecule is COc1ccc(C#Cc2ccc3c(c2)C2(C(=O)N3C(=O)OCc3ccc([N+](=O)[O-])cc3)C(C(=O)N3CCN(c4ncccn4)CC3)C3C(=O)OC(c4ccccc4)C(c4ccccc4)N3C2c2ccc(OCCO)cc2)cc1. The van der Waals surface area contributed by atoms with Crippen LogP contribution in [0.5, 0.6) is 11.5 Å². The van der Waals surface area contributed by atoms with Crippen LogP contribution in [0.4, 0.5) is 22.1 Å². The van der Waals surface area contributed by atoms with Crippen molar-refractivity contribution in [2.75, 3.05) is 56.3 Å². The first kappa shape index (κ1) is 50.7. The second-order valence-electron chi connectivity index (χ2n) is 19.1. The quantitative estimate of drug-likeness (QED) is 0.0544. The Morgan fingerprint density at radius 3 is 2.05 bits per heavy atom. The molecule has 0 radical (unpaired) electrons. The van der Waals surface area contributed by atoms with E-state index in [1.54, 1.807) is 85.1 Å². The van der Waals surface area contributed by atoms with Gasteiger partial charge in [-0.1, -0.05) is 84.6 Å². The number of amides is 3. The summed E-state index contributed by atoms with van der Waals surface area (Å²) in [6.07, 6.45) is 1.23. The summed E-state index contributed by atoms with van der Waals surface area (Å²) < 4.78 is 23.9. The van der Waals surface area contributed by atoms with Gasteiger partial charge >= 0.3 is 12.1 Å². The molecule has 4 aliphatic rings.